The maximum atomic E-state index is 11.3. The number of phenolic OH excluding ortho intramolecular Hbond substituents is 1. The smallest absolute Gasteiger partial charge is 0.314 e. The summed E-state index contributed by atoms with van der Waals surface area (Å²) in [6.07, 6.45) is 1.91. The van der Waals surface area contributed by atoms with Crippen molar-refractivity contribution in [3.8, 4) is 5.75 Å². The van der Waals surface area contributed by atoms with Gasteiger partial charge >= 0.3 is 5.97 Å². The Kier molecular flexibility index (Phi) is 2.18. The van der Waals surface area contributed by atoms with Gasteiger partial charge in [0, 0.05) is 0 Å². The Balaban J connectivity index is 2.45. The van der Waals surface area contributed by atoms with E-state index in [0.717, 1.165) is 12.8 Å². The third-order valence-electron chi connectivity index (χ3n) is 3.28. The third-order valence-corrected chi connectivity index (χ3v) is 3.28. The van der Waals surface area contributed by atoms with Crippen LogP contribution in [-0.4, -0.2) is 16.2 Å². The van der Waals surface area contributed by atoms with E-state index in [-0.39, 0.29) is 11.7 Å². The lowest BCUT2D eigenvalue weighted by Crippen LogP contribution is -2.34. The molecule has 1 aromatic carbocycles. The number of carboxylic acid groups (broad SMARTS) is 1. The van der Waals surface area contributed by atoms with Gasteiger partial charge in [-0.1, -0.05) is 12.1 Å². The fraction of sp³-hybridized carbons (Fsp3) is 0.417. The summed E-state index contributed by atoms with van der Waals surface area (Å²) in [5, 5.41) is 18.7. The van der Waals surface area contributed by atoms with Crippen LogP contribution in [0.15, 0.2) is 24.3 Å². The first kappa shape index (κ1) is 10.0. The largest absolute Gasteiger partial charge is 0.508 e. The van der Waals surface area contributed by atoms with E-state index in [1.165, 1.54) is 0 Å². The Morgan fingerprint density at radius 2 is 2.13 bits per heavy atom. The molecule has 0 aromatic heterocycles. The standard InChI is InChI=1S/C12H14O3/c1-12(11(14)15,8-5-6-8)9-3-2-4-10(13)7-9/h2-4,7-8,13H,5-6H2,1H3,(H,14,15). The van der Waals surface area contributed by atoms with Crippen LogP contribution in [0.3, 0.4) is 0 Å². The fourth-order valence-corrected chi connectivity index (χ4v) is 2.02. The van der Waals surface area contributed by atoms with Crippen LogP contribution in [0.1, 0.15) is 25.3 Å². The fourth-order valence-electron chi connectivity index (χ4n) is 2.02. The van der Waals surface area contributed by atoms with Gasteiger partial charge in [0.1, 0.15) is 5.75 Å². The molecule has 15 heavy (non-hydrogen) atoms. The van der Waals surface area contributed by atoms with Crippen molar-refractivity contribution in [2.75, 3.05) is 0 Å². The van der Waals surface area contributed by atoms with Gasteiger partial charge in [0.25, 0.3) is 0 Å². The average Bonchev–Trinajstić information content (AvgIpc) is 2.99. The first-order valence-corrected chi connectivity index (χ1v) is 5.08. The van der Waals surface area contributed by atoms with E-state index in [9.17, 15) is 15.0 Å². The molecule has 80 valence electrons. The number of carboxylic acids is 1. The summed E-state index contributed by atoms with van der Waals surface area (Å²) in [7, 11) is 0. The predicted octanol–water partition coefficient (Wildman–Crippen LogP) is 2.14. The second-order valence-corrected chi connectivity index (χ2v) is 4.33. The van der Waals surface area contributed by atoms with Crippen molar-refractivity contribution in [3.05, 3.63) is 29.8 Å². The second kappa shape index (κ2) is 3.26. The molecule has 0 bridgehead atoms. The van der Waals surface area contributed by atoms with Gasteiger partial charge in [-0.25, -0.2) is 0 Å². The van der Waals surface area contributed by atoms with Gasteiger partial charge in [-0.3, -0.25) is 4.79 Å². The molecule has 1 aliphatic rings. The van der Waals surface area contributed by atoms with Crippen LogP contribution >= 0.6 is 0 Å². The van der Waals surface area contributed by atoms with Gasteiger partial charge < -0.3 is 10.2 Å². The maximum Gasteiger partial charge on any atom is 0.314 e. The number of benzene rings is 1. The number of rotatable bonds is 3. The molecule has 1 unspecified atom stereocenters. The number of aromatic hydroxyl groups is 1. The Bertz CT molecular complexity index is 396. The molecule has 3 nitrogen and oxygen atoms in total. The summed E-state index contributed by atoms with van der Waals surface area (Å²) in [6, 6.07) is 6.56. The number of phenols is 1. The minimum atomic E-state index is -0.848. The van der Waals surface area contributed by atoms with E-state index < -0.39 is 11.4 Å². The molecule has 1 aliphatic carbocycles. The van der Waals surface area contributed by atoms with E-state index in [1.807, 2.05) is 0 Å². The molecule has 2 rings (SSSR count). The van der Waals surface area contributed by atoms with Gasteiger partial charge in [0.15, 0.2) is 0 Å². The zero-order valence-electron chi connectivity index (χ0n) is 8.60. The highest BCUT2D eigenvalue weighted by atomic mass is 16.4. The Morgan fingerprint density at radius 3 is 2.60 bits per heavy atom. The normalized spacial score (nSPS) is 19.5. The van der Waals surface area contributed by atoms with Crippen LogP contribution in [0.25, 0.3) is 0 Å². The number of aliphatic carboxylic acids is 1. The van der Waals surface area contributed by atoms with Crippen molar-refractivity contribution in [2.45, 2.75) is 25.2 Å². The van der Waals surface area contributed by atoms with Crippen molar-refractivity contribution in [1.29, 1.82) is 0 Å². The van der Waals surface area contributed by atoms with Crippen LogP contribution in [0.4, 0.5) is 0 Å². The summed E-state index contributed by atoms with van der Waals surface area (Å²) in [5.41, 5.74) is -0.156. The molecule has 0 heterocycles. The lowest BCUT2D eigenvalue weighted by molar-refractivity contribution is -0.144. The molecule has 1 fully saturated rings. The van der Waals surface area contributed by atoms with Crippen molar-refractivity contribution >= 4 is 5.97 Å². The lowest BCUT2D eigenvalue weighted by atomic mass is 9.78. The summed E-state index contributed by atoms with van der Waals surface area (Å²) < 4.78 is 0. The van der Waals surface area contributed by atoms with Crippen LogP contribution in [-0.2, 0) is 10.2 Å². The number of carbonyl (C=O) groups is 1. The molecule has 3 heteroatoms. The second-order valence-electron chi connectivity index (χ2n) is 4.33. The minimum absolute atomic E-state index is 0.126. The molecule has 1 saturated carbocycles. The molecule has 0 saturated heterocycles. The zero-order chi connectivity index (χ0) is 11.1. The van der Waals surface area contributed by atoms with Gasteiger partial charge in [-0.15, -0.1) is 0 Å². The van der Waals surface area contributed by atoms with E-state index >= 15 is 0 Å². The predicted molar refractivity (Wildman–Crippen MR) is 55.8 cm³/mol. The summed E-state index contributed by atoms with van der Waals surface area (Å²) in [6.45, 7) is 1.74. The Morgan fingerprint density at radius 1 is 1.47 bits per heavy atom. The van der Waals surface area contributed by atoms with E-state index in [4.69, 9.17) is 0 Å². The van der Waals surface area contributed by atoms with Crippen molar-refractivity contribution in [3.63, 3.8) is 0 Å². The van der Waals surface area contributed by atoms with E-state index in [1.54, 1.807) is 31.2 Å². The van der Waals surface area contributed by atoms with E-state index in [0.29, 0.717) is 5.56 Å². The molecule has 0 spiro atoms. The highest BCUT2D eigenvalue weighted by Crippen LogP contribution is 2.47. The summed E-state index contributed by atoms with van der Waals surface area (Å²) >= 11 is 0. The van der Waals surface area contributed by atoms with Crippen LogP contribution in [0, 0.1) is 5.92 Å². The number of hydrogen-bond donors (Lipinski definition) is 2. The zero-order valence-corrected chi connectivity index (χ0v) is 8.60. The van der Waals surface area contributed by atoms with Crippen molar-refractivity contribution < 1.29 is 15.0 Å². The number of hydrogen-bond acceptors (Lipinski definition) is 2. The van der Waals surface area contributed by atoms with Crippen LogP contribution in [0.5, 0.6) is 5.75 Å². The Labute approximate surface area is 88.4 Å². The summed E-state index contributed by atoms with van der Waals surface area (Å²) in [4.78, 5) is 11.3. The lowest BCUT2D eigenvalue weighted by Gasteiger charge is -2.25. The van der Waals surface area contributed by atoms with Crippen molar-refractivity contribution in [1.82, 2.24) is 0 Å². The quantitative estimate of drug-likeness (QED) is 0.796. The monoisotopic (exact) mass is 206 g/mol. The average molecular weight is 206 g/mol. The highest BCUT2D eigenvalue weighted by molar-refractivity contribution is 5.82. The van der Waals surface area contributed by atoms with Crippen molar-refractivity contribution in [2.24, 2.45) is 5.92 Å². The highest BCUT2D eigenvalue weighted by Gasteiger charge is 2.48. The minimum Gasteiger partial charge on any atom is -0.508 e. The molecule has 0 aliphatic heterocycles. The third kappa shape index (κ3) is 1.58. The molecule has 0 amide bonds. The SMILES string of the molecule is CC(C(=O)O)(c1cccc(O)c1)C1CC1. The van der Waals surface area contributed by atoms with Crippen LogP contribution in [0.2, 0.25) is 0 Å². The van der Waals surface area contributed by atoms with Gasteiger partial charge in [0.05, 0.1) is 5.41 Å². The molecule has 2 N–H and O–H groups in total. The molecule has 1 atom stereocenters. The molecule has 1 aromatic rings. The van der Waals surface area contributed by atoms with Crippen LogP contribution < -0.4 is 0 Å². The maximum absolute atomic E-state index is 11.3. The van der Waals surface area contributed by atoms with Gasteiger partial charge in [-0.2, -0.15) is 0 Å². The van der Waals surface area contributed by atoms with Gasteiger partial charge in [-0.05, 0) is 43.4 Å². The molecular formula is C12H14O3. The first-order chi connectivity index (χ1) is 7.05. The topological polar surface area (TPSA) is 57.5 Å². The van der Waals surface area contributed by atoms with Gasteiger partial charge in [0.2, 0.25) is 0 Å². The molecular weight excluding hydrogens is 192 g/mol. The van der Waals surface area contributed by atoms with E-state index in [2.05, 4.69) is 0 Å². The first-order valence-electron chi connectivity index (χ1n) is 5.08. The summed E-state index contributed by atoms with van der Waals surface area (Å²) in [5.74, 6) is -0.479. The molecule has 0 radical (unpaired) electrons. The Hall–Kier alpha value is -1.51.